The lowest BCUT2D eigenvalue weighted by atomic mass is 10.2. The number of nitrogens with one attached hydrogen (secondary N) is 1. The predicted molar refractivity (Wildman–Crippen MR) is 123 cm³/mol. The minimum atomic E-state index is -0.523. The van der Waals surface area contributed by atoms with Gasteiger partial charge in [-0.15, -0.1) is 0 Å². The van der Waals surface area contributed by atoms with E-state index in [0.717, 1.165) is 12.2 Å². The third-order valence-corrected chi connectivity index (χ3v) is 4.87. The summed E-state index contributed by atoms with van der Waals surface area (Å²) in [4.78, 5) is 23.1. The van der Waals surface area contributed by atoms with E-state index in [1.165, 1.54) is 34.6 Å². The Hall–Kier alpha value is -4.67. The number of carbonyl (C=O) groups excluding carboxylic acids is 1. The second-order valence-electron chi connectivity index (χ2n) is 7.23. The van der Waals surface area contributed by atoms with Gasteiger partial charge in [0.2, 0.25) is 0 Å². The molecule has 0 aliphatic carbocycles. The highest BCUT2D eigenvalue weighted by atomic mass is 16.6. The number of nitro groups is 1. The number of aryl methyl sites for hydroxylation is 1. The van der Waals surface area contributed by atoms with Crippen LogP contribution in [0.2, 0.25) is 0 Å². The van der Waals surface area contributed by atoms with Crippen molar-refractivity contribution in [3.63, 3.8) is 0 Å². The molecule has 1 amide bonds. The summed E-state index contributed by atoms with van der Waals surface area (Å²) >= 11 is 0. The maximum Gasteiger partial charge on any atom is 0.311 e. The molecule has 1 N–H and O–H groups in total. The Bertz CT molecular complexity index is 1280. The van der Waals surface area contributed by atoms with Crippen LogP contribution in [0.1, 0.15) is 23.0 Å². The Balaban J connectivity index is 1.30. The zero-order valence-electron chi connectivity index (χ0n) is 18.3. The summed E-state index contributed by atoms with van der Waals surface area (Å²) in [5.41, 5.74) is 1.73. The summed E-state index contributed by atoms with van der Waals surface area (Å²) in [5.74, 6) is 0.414. The van der Waals surface area contributed by atoms with Crippen molar-refractivity contribution in [3.8, 4) is 11.5 Å². The number of anilines is 1. The summed E-state index contributed by atoms with van der Waals surface area (Å²) in [6.07, 6.45) is 5.66. The van der Waals surface area contributed by atoms with Gasteiger partial charge in [0.05, 0.1) is 23.0 Å². The van der Waals surface area contributed by atoms with Crippen molar-refractivity contribution in [2.24, 2.45) is 0 Å². The Morgan fingerprint density at radius 2 is 1.82 bits per heavy atom. The molecule has 0 fully saturated rings. The second kappa shape index (κ2) is 10.3. The number of carbonyl (C=O) groups is 1. The van der Waals surface area contributed by atoms with Gasteiger partial charge in [-0.1, -0.05) is 31.2 Å². The van der Waals surface area contributed by atoms with Crippen LogP contribution in [-0.4, -0.2) is 30.4 Å². The molecule has 0 unspecified atom stereocenters. The molecule has 4 rings (SSSR count). The van der Waals surface area contributed by atoms with E-state index < -0.39 is 10.8 Å². The highest BCUT2D eigenvalue weighted by molar-refractivity contribution is 6.02. The largest absolute Gasteiger partial charge is 0.471 e. The summed E-state index contributed by atoms with van der Waals surface area (Å²) < 4.78 is 14.1. The minimum absolute atomic E-state index is 0.0906. The van der Waals surface area contributed by atoms with Crippen molar-refractivity contribution < 1.29 is 19.2 Å². The van der Waals surface area contributed by atoms with Crippen molar-refractivity contribution in [2.75, 3.05) is 5.32 Å². The van der Waals surface area contributed by atoms with Crippen LogP contribution >= 0.6 is 0 Å². The van der Waals surface area contributed by atoms with Gasteiger partial charge in [-0.3, -0.25) is 14.9 Å². The van der Waals surface area contributed by atoms with E-state index in [0.29, 0.717) is 5.69 Å². The molecule has 0 aliphatic heterocycles. The van der Waals surface area contributed by atoms with Crippen molar-refractivity contribution in [3.05, 3.63) is 94.6 Å². The van der Waals surface area contributed by atoms with Crippen molar-refractivity contribution in [1.29, 1.82) is 0 Å². The summed E-state index contributed by atoms with van der Waals surface area (Å²) in [6.45, 7) is 2.19. The molecule has 0 bridgehead atoms. The van der Waals surface area contributed by atoms with Gasteiger partial charge in [0.1, 0.15) is 5.75 Å². The van der Waals surface area contributed by atoms with Crippen LogP contribution in [0.25, 0.3) is 0 Å². The van der Waals surface area contributed by atoms with Crippen LogP contribution in [0.3, 0.4) is 0 Å². The number of nitro benzene ring substituents is 1. The first-order chi connectivity index (χ1) is 16.5. The van der Waals surface area contributed by atoms with Crippen LogP contribution in [0.5, 0.6) is 11.5 Å². The molecule has 11 heteroatoms. The Morgan fingerprint density at radius 3 is 2.59 bits per heavy atom. The lowest BCUT2D eigenvalue weighted by Crippen LogP contribution is -2.14. The fourth-order valence-electron chi connectivity index (χ4n) is 3.08. The van der Waals surface area contributed by atoms with E-state index in [4.69, 9.17) is 9.47 Å². The Kier molecular flexibility index (Phi) is 6.82. The molecule has 0 saturated heterocycles. The first-order valence-electron chi connectivity index (χ1n) is 10.5. The summed E-state index contributed by atoms with van der Waals surface area (Å²) in [7, 11) is 0. The van der Waals surface area contributed by atoms with Crippen molar-refractivity contribution >= 4 is 17.3 Å². The lowest BCUT2D eigenvalue weighted by molar-refractivity contribution is -0.386. The highest BCUT2D eigenvalue weighted by Gasteiger charge is 2.15. The van der Waals surface area contributed by atoms with Gasteiger partial charge in [0, 0.05) is 12.3 Å². The van der Waals surface area contributed by atoms with E-state index in [2.05, 4.69) is 22.4 Å². The van der Waals surface area contributed by atoms with Gasteiger partial charge >= 0.3 is 5.69 Å². The molecule has 0 radical (unpaired) electrons. The third-order valence-electron chi connectivity index (χ3n) is 4.87. The topological polar surface area (TPSA) is 126 Å². The summed E-state index contributed by atoms with van der Waals surface area (Å²) in [6, 6.07) is 15.4. The number of aromatic nitrogens is 4. The van der Waals surface area contributed by atoms with Crippen LogP contribution in [0.4, 0.5) is 11.4 Å². The van der Waals surface area contributed by atoms with E-state index in [9.17, 15) is 14.9 Å². The van der Waals surface area contributed by atoms with E-state index in [-0.39, 0.29) is 30.6 Å². The quantitative estimate of drug-likeness (QED) is 0.280. The molecular weight excluding hydrogens is 440 g/mol. The first-order valence-corrected chi connectivity index (χ1v) is 10.5. The number of amides is 1. The minimum Gasteiger partial charge on any atom is -0.471 e. The maximum absolute atomic E-state index is 12.5. The SMILES string of the molecule is CCc1ccc(OCn2cc(NC(=O)c3ccn(COc4ccccc4[N+](=O)[O-])n3)cn2)cc1. The molecule has 11 nitrogen and oxygen atoms in total. The monoisotopic (exact) mass is 462 g/mol. The molecule has 34 heavy (non-hydrogen) atoms. The number of benzene rings is 2. The molecule has 2 heterocycles. The molecule has 174 valence electrons. The van der Waals surface area contributed by atoms with E-state index in [1.807, 2.05) is 24.3 Å². The average Bonchev–Trinajstić information content (AvgIpc) is 3.51. The normalized spacial score (nSPS) is 10.6. The van der Waals surface area contributed by atoms with Gasteiger partial charge in [0.25, 0.3) is 5.91 Å². The van der Waals surface area contributed by atoms with Gasteiger partial charge in [0.15, 0.2) is 24.9 Å². The molecule has 2 aromatic heterocycles. The molecule has 0 aliphatic rings. The lowest BCUT2D eigenvalue weighted by Gasteiger charge is -2.07. The van der Waals surface area contributed by atoms with Crippen LogP contribution in [-0.2, 0) is 19.9 Å². The summed E-state index contributed by atoms with van der Waals surface area (Å²) in [5, 5.41) is 22.1. The highest BCUT2D eigenvalue weighted by Crippen LogP contribution is 2.26. The Morgan fingerprint density at radius 1 is 1.06 bits per heavy atom. The van der Waals surface area contributed by atoms with Gasteiger partial charge in [-0.05, 0) is 36.2 Å². The second-order valence-corrected chi connectivity index (χ2v) is 7.23. The predicted octanol–water partition coefficient (Wildman–Crippen LogP) is 3.88. The number of hydrogen-bond acceptors (Lipinski definition) is 7. The third kappa shape index (κ3) is 5.57. The smallest absolute Gasteiger partial charge is 0.311 e. The maximum atomic E-state index is 12.5. The number of ether oxygens (including phenoxy) is 2. The van der Waals surface area contributed by atoms with Crippen molar-refractivity contribution in [1.82, 2.24) is 19.6 Å². The van der Waals surface area contributed by atoms with Crippen LogP contribution in [0, 0.1) is 10.1 Å². The average molecular weight is 462 g/mol. The molecule has 2 aromatic carbocycles. The van der Waals surface area contributed by atoms with Crippen molar-refractivity contribution in [2.45, 2.75) is 26.8 Å². The number of rotatable bonds is 10. The number of nitrogens with zero attached hydrogens (tertiary/aromatic N) is 5. The molecule has 4 aromatic rings. The first kappa shape index (κ1) is 22.5. The molecule has 0 saturated carbocycles. The van der Waals surface area contributed by atoms with Gasteiger partial charge in [-0.25, -0.2) is 9.36 Å². The van der Waals surface area contributed by atoms with Gasteiger partial charge < -0.3 is 14.8 Å². The number of para-hydroxylation sites is 2. The van der Waals surface area contributed by atoms with Gasteiger partial charge in [-0.2, -0.15) is 10.2 Å². The standard InChI is InChI=1S/C23H22N6O5/c1-2-17-7-9-19(10-8-17)33-16-28-14-18(13-24-28)25-23(30)20-11-12-27(26-20)15-34-22-6-4-3-5-21(22)29(31)32/h3-14H,2,15-16H2,1H3,(H,25,30). The zero-order valence-corrected chi connectivity index (χ0v) is 18.3. The van der Waals surface area contributed by atoms with E-state index >= 15 is 0 Å². The number of hydrogen-bond donors (Lipinski definition) is 1. The van der Waals surface area contributed by atoms with E-state index in [1.54, 1.807) is 29.2 Å². The van der Waals surface area contributed by atoms with Crippen LogP contribution < -0.4 is 14.8 Å². The molecular formula is C23H22N6O5. The Labute approximate surface area is 194 Å². The fraction of sp³-hybridized carbons (Fsp3) is 0.174. The van der Waals surface area contributed by atoms with Crippen LogP contribution in [0.15, 0.2) is 73.2 Å². The molecule has 0 atom stereocenters. The molecule has 0 spiro atoms. The zero-order chi connectivity index (χ0) is 23.9. The fourth-order valence-corrected chi connectivity index (χ4v) is 3.08.